The molecule has 118 valence electrons. The summed E-state index contributed by atoms with van der Waals surface area (Å²) in [6.07, 6.45) is 7.70. The summed E-state index contributed by atoms with van der Waals surface area (Å²) in [5.74, 6) is 0.516. The normalized spacial score (nSPS) is 24.2. The Balaban J connectivity index is 1.88. The Bertz CT molecular complexity index is 421. The van der Waals surface area contributed by atoms with Gasteiger partial charge in [0.2, 0.25) is 0 Å². The molecule has 4 heteroatoms. The van der Waals surface area contributed by atoms with E-state index in [-0.39, 0.29) is 11.9 Å². The van der Waals surface area contributed by atoms with Crippen LogP contribution in [0.1, 0.15) is 50.8 Å². The molecule has 0 aromatic carbocycles. The van der Waals surface area contributed by atoms with E-state index in [9.17, 15) is 4.39 Å². The Kier molecular flexibility index (Phi) is 6.12. The van der Waals surface area contributed by atoms with Gasteiger partial charge in [-0.15, -0.1) is 0 Å². The van der Waals surface area contributed by atoms with E-state index in [4.69, 9.17) is 0 Å². The highest BCUT2D eigenvalue weighted by Crippen LogP contribution is 2.28. The van der Waals surface area contributed by atoms with Crippen LogP contribution in [0.25, 0.3) is 0 Å². The van der Waals surface area contributed by atoms with Gasteiger partial charge in [0, 0.05) is 6.04 Å². The van der Waals surface area contributed by atoms with Crippen molar-refractivity contribution in [3.05, 3.63) is 29.8 Å². The van der Waals surface area contributed by atoms with Crippen LogP contribution >= 0.6 is 0 Å². The highest BCUT2D eigenvalue weighted by Gasteiger charge is 2.25. The highest BCUT2D eigenvalue weighted by atomic mass is 19.1. The summed E-state index contributed by atoms with van der Waals surface area (Å²) < 4.78 is 13.0. The number of nitrogens with zero attached hydrogens (tertiary/aromatic N) is 2. The van der Waals surface area contributed by atoms with Crippen molar-refractivity contribution in [1.29, 1.82) is 0 Å². The minimum absolute atomic E-state index is 0.187. The van der Waals surface area contributed by atoms with E-state index >= 15 is 0 Å². The number of aromatic nitrogens is 1. The zero-order valence-corrected chi connectivity index (χ0v) is 13.5. The molecule has 0 saturated heterocycles. The summed E-state index contributed by atoms with van der Waals surface area (Å²) in [5.41, 5.74) is 0.920. The minimum Gasteiger partial charge on any atom is -0.312 e. The van der Waals surface area contributed by atoms with Crippen molar-refractivity contribution >= 4 is 0 Å². The lowest BCUT2D eigenvalue weighted by molar-refractivity contribution is 0.134. The Hall–Kier alpha value is -1.00. The zero-order chi connectivity index (χ0) is 15.2. The predicted molar refractivity (Wildman–Crippen MR) is 84.7 cm³/mol. The molecule has 3 atom stereocenters. The second-order valence-electron chi connectivity index (χ2n) is 6.34. The number of hydrogen-bond acceptors (Lipinski definition) is 3. The van der Waals surface area contributed by atoms with E-state index in [0.717, 1.165) is 24.6 Å². The first kappa shape index (κ1) is 16.4. The Labute approximate surface area is 127 Å². The summed E-state index contributed by atoms with van der Waals surface area (Å²) in [6, 6.07) is 4.16. The highest BCUT2D eigenvalue weighted by molar-refractivity contribution is 5.09. The summed E-state index contributed by atoms with van der Waals surface area (Å²) in [6.45, 7) is 3.41. The number of hydrogen-bond donors (Lipinski definition) is 1. The van der Waals surface area contributed by atoms with Gasteiger partial charge < -0.3 is 10.2 Å². The van der Waals surface area contributed by atoms with Gasteiger partial charge in [-0.2, -0.15) is 0 Å². The Morgan fingerprint density at radius 1 is 1.38 bits per heavy atom. The van der Waals surface area contributed by atoms with Crippen LogP contribution in [0.3, 0.4) is 0 Å². The second-order valence-corrected chi connectivity index (χ2v) is 6.34. The SMILES string of the molecule is CNC(CCN(C)C1CCCCC1C)c1ccc(F)cn1. The van der Waals surface area contributed by atoms with Crippen molar-refractivity contribution < 1.29 is 4.39 Å². The fourth-order valence-electron chi connectivity index (χ4n) is 3.48. The van der Waals surface area contributed by atoms with Crippen molar-refractivity contribution in [1.82, 2.24) is 15.2 Å². The van der Waals surface area contributed by atoms with Crippen LogP contribution in [-0.2, 0) is 0 Å². The average molecular weight is 293 g/mol. The van der Waals surface area contributed by atoms with Gasteiger partial charge in [0.25, 0.3) is 0 Å². The molecule has 1 saturated carbocycles. The van der Waals surface area contributed by atoms with Crippen molar-refractivity contribution in [2.45, 2.75) is 51.1 Å². The monoisotopic (exact) mass is 293 g/mol. The van der Waals surface area contributed by atoms with Gasteiger partial charge in [0.15, 0.2) is 0 Å². The number of halogens is 1. The molecule has 0 radical (unpaired) electrons. The third-order valence-electron chi connectivity index (χ3n) is 4.86. The molecule has 3 nitrogen and oxygen atoms in total. The van der Waals surface area contributed by atoms with E-state index in [1.54, 1.807) is 6.07 Å². The number of pyridine rings is 1. The molecule has 1 aromatic heterocycles. The molecule has 21 heavy (non-hydrogen) atoms. The lowest BCUT2D eigenvalue weighted by Crippen LogP contribution is -2.40. The zero-order valence-electron chi connectivity index (χ0n) is 13.5. The molecule has 1 aliphatic rings. The maximum atomic E-state index is 13.0. The molecular weight excluding hydrogens is 265 g/mol. The van der Waals surface area contributed by atoms with Gasteiger partial charge in [0.05, 0.1) is 17.9 Å². The topological polar surface area (TPSA) is 28.2 Å². The van der Waals surface area contributed by atoms with E-state index in [0.29, 0.717) is 6.04 Å². The molecule has 0 aliphatic heterocycles. The molecule has 1 N–H and O–H groups in total. The quantitative estimate of drug-likeness (QED) is 0.871. The van der Waals surface area contributed by atoms with Crippen molar-refractivity contribution in [2.24, 2.45) is 5.92 Å². The van der Waals surface area contributed by atoms with E-state index in [1.165, 1.54) is 37.9 Å². The summed E-state index contributed by atoms with van der Waals surface area (Å²) in [4.78, 5) is 6.70. The van der Waals surface area contributed by atoms with Crippen LogP contribution < -0.4 is 5.32 Å². The summed E-state index contributed by atoms with van der Waals surface area (Å²) >= 11 is 0. The first-order valence-electron chi connectivity index (χ1n) is 8.10. The van der Waals surface area contributed by atoms with Crippen molar-refractivity contribution in [3.63, 3.8) is 0 Å². The van der Waals surface area contributed by atoms with Gasteiger partial charge in [-0.1, -0.05) is 19.8 Å². The fraction of sp³-hybridized carbons (Fsp3) is 0.706. The smallest absolute Gasteiger partial charge is 0.141 e. The maximum Gasteiger partial charge on any atom is 0.141 e. The van der Waals surface area contributed by atoms with Crippen LogP contribution in [0.4, 0.5) is 4.39 Å². The molecule has 0 spiro atoms. The van der Waals surface area contributed by atoms with Crippen LogP contribution in [0.5, 0.6) is 0 Å². The largest absolute Gasteiger partial charge is 0.312 e. The van der Waals surface area contributed by atoms with Gasteiger partial charge in [-0.05, 0) is 58.0 Å². The van der Waals surface area contributed by atoms with Gasteiger partial charge in [-0.25, -0.2) is 4.39 Å². The van der Waals surface area contributed by atoms with Gasteiger partial charge in [-0.3, -0.25) is 4.98 Å². The average Bonchev–Trinajstić information content (AvgIpc) is 2.49. The number of rotatable bonds is 6. The molecule has 1 heterocycles. The van der Waals surface area contributed by atoms with Gasteiger partial charge in [0.1, 0.15) is 5.82 Å². The Morgan fingerprint density at radius 3 is 2.76 bits per heavy atom. The maximum absolute atomic E-state index is 13.0. The van der Waals surface area contributed by atoms with Gasteiger partial charge >= 0.3 is 0 Å². The van der Waals surface area contributed by atoms with E-state index in [1.807, 2.05) is 7.05 Å². The standard InChI is InChI=1S/C17H28FN3/c1-13-6-4-5-7-17(13)21(3)11-10-15(19-2)16-9-8-14(18)12-20-16/h8-9,12-13,15,17,19H,4-7,10-11H2,1-3H3. The summed E-state index contributed by atoms with van der Waals surface area (Å²) in [5, 5.41) is 3.30. The van der Waals surface area contributed by atoms with Crippen LogP contribution in [0.2, 0.25) is 0 Å². The Morgan fingerprint density at radius 2 is 2.14 bits per heavy atom. The van der Waals surface area contributed by atoms with E-state index in [2.05, 4.69) is 29.2 Å². The first-order chi connectivity index (χ1) is 10.1. The molecule has 1 aromatic rings. The lowest BCUT2D eigenvalue weighted by Gasteiger charge is -2.36. The fourth-order valence-corrected chi connectivity index (χ4v) is 3.48. The molecular formula is C17H28FN3. The molecule has 1 fully saturated rings. The van der Waals surface area contributed by atoms with Crippen molar-refractivity contribution in [3.8, 4) is 0 Å². The molecule has 3 unspecified atom stereocenters. The first-order valence-corrected chi connectivity index (χ1v) is 8.10. The predicted octanol–water partition coefficient (Wildman–Crippen LogP) is 3.38. The molecule has 2 rings (SSSR count). The van der Waals surface area contributed by atoms with E-state index < -0.39 is 0 Å². The van der Waals surface area contributed by atoms with Crippen LogP contribution in [-0.4, -0.2) is 36.6 Å². The summed E-state index contributed by atoms with van der Waals surface area (Å²) in [7, 11) is 4.18. The van der Waals surface area contributed by atoms with Crippen LogP contribution in [0.15, 0.2) is 18.3 Å². The molecule has 1 aliphatic carbocycles. The third-order valence-corrected chi connectivity index (χ3v) is 4.86. The molecule has 0 bridgehead atoms. The van der Waals surface area contributed by atoms with Crippen molar-refractivity contribution in [2.75, 3.05) is 20.6 Å². The lowest BCUT2D eigenvalue weighted by atomic mass is 9.85. The minimum atomic E-state index is -0.276. The van der Waals surface area contributed by atoms with Crippen LogP contribution in [0, 0.1) is 11.7 Å². The molecule has 0 amide bonds. The number of nitrogens with one attached hydrogen (secondary N) is 1. The second kappa shape index (κ2) is 7.85. The third kappa shape index (κ3) is 4.48.